The smallest absolute Gasteiger partial charge is 0.251 e. The van der Waals surface area contributed by atoms with Gasteiger partial charge in [0.25, 0.3) is 5.91 Å². The Labute approximate surface area is 161 Å². The Balaban J connectivity index is 1.44. The van der Waals surface area contributed by atoms with Crippen molar-refractivity contribution >= 4 is 5.91 Å². The Hall–Kier alpha value is -2.33. The third kappa shape index (κ3) is 4.01. The molecule has 0 aliphatic carbocycles. The van der Waals surface area contributed by atoms with Gasteiger partial charge in [0, 0.05) is 35.8 Å². The summed E-state index contributed by atoms with van der Waals surface area (Å²) in [5, 5.41) is 3.28. The van der Waals surface area contributed by atoms with E-state index in [-0.39, 0.29) is 11.9 Å². The van der Waals surface area contributed by atoms with Crippen molar-refractivity contribution in [3.63, 3.8) is 0 Å². The highest BCUT2D eigenvalue weighted by molar-refractivity contribution is 5.94. The third-order valence-electron chi connectivity index (χ3n) is 6.04. The zero-order chi connectivity index (χ0) is 18.6. The van der Waals surface area contributed by atoms with Crippen LogP contribution in [0.15, 0.2) is 54.6 Å². The minimum absolute atomic E-state index is 0.0526. The highest BCUT2D eigenvalue weighted by Gasteiger charge is 2.38. The number of nitrogens with zero attached hydrogens (tertiary/aromatic N) is 1. The van der Waals surface area contributed by atoms with E-state index in [4.69, 9.17) is 4.74 Å². The molecule has 2 heterocycles. The number of hydrogen-bond acceptors (Lipinski definition) is 3. The lowest BCUT2D eigenvalue weighted by molar-refractivity contribution is 0.0172. The Bertz CT molecular complexity index is 763. The molecule has 142 valence electrons. The Kier molecular flexibility index (Phi) is 5.44. The van der Waals surface area contributed by atoms with Crippen molar-refractivity contribution in [1.29, 1.82) is 0 Å². The second-order valence-electron chi connectivity index (χ2n) is 7.73. The second kappa shape index (κ2) is 8.13. The average molecular weight is 364 g/mol. The molecule has 2 bridgehead atoms. The Morgan fingerprint density at radius 1 is 1.04 bits per heavy atom. The van der Waals surface area contributed by atoms with Crippen LogP contribution in [0.4, 0.5) is 0 Å². The normalized spacial score (nSPS) is 25.0. The molecule has 27 heavy (non-hydrogen) atoms. The van der Waals surface area contributed by atoms with Gasteiger partial charge >= 0.3 is 0 Å². The first-order valence-corrected chi connectivity index (χ1v) is 9.98. The second-order valence-corrected chi connectivity index (χ2v) is 7.73. The Morgan fingerprint density at radius 2 is 1.70 bits per heavy atom. The van der Waals surface area contributed by atoms with Crippen molar-refractivity contribution in [2.45, 2.75) is 56.8 Å². The van der Waals surface area contributed by atoms with Gasteiger partial charge in [-0.15, -0.1) is 0 Å². The third-order valence-corrected chi connectivity index (χ3v) is 6.04. The van der Waals surface area contributed by atoms with Crippen LogP contribution in [0.5, 0.6) is 5.75 Å². The van der Waals surface area contributed by atoms with Crippen LogP contribution in [0.1, 0.15) is 48.0 Å². The zero-order valence-electron chi connectivity index (χ0n) is 15.9. The summed E-state index contributed by atoms with van der Waals surface area (Å²) < 4.78 is 5.55. The van der Waals surface area contributed by atoms with Gasteiger partial charge in [0.05, 0.1) is 7.11 Å². The van der Waals surface area contributed by atoms with Gasteiger partial charge in [-0.25, -0.2) is 0 Å². The van der Waals surface area contributed by atoms with Gasteiger partial charge in [0.15, 0.2) is 0 Å². The lowest BCUT2D eigenvalue weighted by Gasteiger charge is -2.49. The molecule has 1 amide bonds. The number of piperidine rings is 2. The van der Waals surface area contributed by atoms with Crippen molar-refractivity contribution in [2.24, 2.45) is 0 Å². The maximum absolute atomic E-state index is 12.5. The molecule has 2 aliphatic rings. The van der Waals surface area contributed by atoms with Crippen molar-refractivity contribution in [3.05, 3.63) is 65.7 Å². The standard InChI is InChI=1S/C23H28N2O2/c1-27-22-13-6-5-10-18(22)16-25-20-11-7-12-21(25)15-19(14-20)24-23(26)17-8-3-2-4-9-17/h2-6,8-10,13,19-21H,7,11-12,14-16H2,1H3,(H,24,26)/t19?,20-,21+. The van der Waals surface area contributed by atoms with Crippen LogP contribution in [0.25, 0.3) is 0 Å². The summed E-state index contributed by atoms with van der Waals surface area (Å²) in [5.41, 5.74) is 2.00. The summed E-state index contributed by atoms with van der Waals surface area (Å²) in [4.78, 5) is 15.2. The largest absolute Gasteiger partial charge is 0.496 e. The van der Waals surface area contributed by atoms with Crippen molar-refractivity contribution in [1.82, 2.24) is 10.2 Å². The fraction of sp³-hybridized carbons (Fsp3) is 0.435. The minimum atomic E-state index is 0.0526. The molecular weight excluding hydrogens is 336 g/mol. The number of carbonyl (C=O) groups is 1. The number of fused-ring (bicyclic) bond motifs is 2. The number of ether oxygens (including phenoxy) is 1. The Morgan fingerprint density at radius 3 is 2.41 bits per heavy atom. The quantitative estimate of drug-likeness (QED) is 0.872. The van der Waals surface area contributed by atoms with E-state index >= 15 is 0 Å². The molecule has 4 rings (SSSR count). The molecule has 4 heteroatoms. The first kappa shape index (κ1) is 18.1. The van der Waals surface area contributed by atoms with E-state index in [0.717, 1.165) is 30.7 Å². The molecule has 2 fully saturated rings. The van der Waals surface area contributed by atoms with Crippen LogP contribution in [0.2, 0.25) is 0 Å². The van der Waals surface area contributed by atoms with Gasteiger partial charge < -0.3 is 10.1 Å². The highest BCUT2D eigenvalue weighted by Crippen LogP contribution is 2.36. The van der Waals surface area contributed by atoms with Gasteiger partial charge in [-0.3, -0.25) is 9.69 Å². The van der Waals surface area contributed by atoms with Gasteiger partial charge in [0.2, 0.25) is 0 Å². The van der Waals surface area contributed by atoms with Crippen LogP contribution in [0, 0.1) is 0 Å². The lowest BCUT2D eigenvalue weighted by Crippen LogP contribution is -2.56. The summed E-state index contributed by atoms with van der Waals surface area (Å²) in [6.45, 7) is 0.929. The molecule has 0 aromatic heterocycles. The summed E-state index contributed by atoms with van der Waals surface area (Å²) in [6.07, 6.45) is 5.78. The van der Waals surface area contributed by atoms with E-state index in [0.29, 0.717) is 12.1 Å². The number of carbonyl (C=O) groups excluding carboxylic acids is 1. The number of nitrogens with one attached hydrogen (secondary N) is 1. The topological polar surface area (TPSA) is 41.6 Å². The predicted molar refractivity (Wildman–Crippen MR) is 107 cm³/mol. The molecule has 2 aliphatic heterocycles. The summed E-state index contributed by atoms with van der Waals surface area (Å²) in [7, 11) is 1.74. The van der Waals surface area contributed by atoms with Gasteiger partial charge in [-0.1, -0.05) is 42.8 Å². The van der Waals surface area contributed by atoms with E-state index in [9.17, 15) is 4.79 Å². The zero-order valence-corrected chi connectivity index (χ0v) is 15.9. The maximum Gasteiger partial charge on any atom is 0.251 e. The molecule has 2 aromatic carbocycles. The molecule has 0 radical (unpaired) electrons. The molecule has 2 saturated heterocycles. The predicted octanol–water partition coefficient (Wildman–Crippen LogP) is 4.01. The van der Waals surface area contributed by atoms with Crippen molar-refractivity contribution < 1.29 is 9.53 Å². The first-order chi connectivity index (χ1) is 13.2. The molecule has 1 unspecified atom stereocenters. The minimum Gasteiger partial charge on any atom is -0.496 e. The summed E-state index contributed by atoms with van der Waals surface area (Å²) >= 11 is 0. The average Bonchev–Trinajstić information content (AvgIpc) is 2.69. The van der Waals surface area contributed by atoms with E-state index < -0.39 is 0 Å². The molecule has 0 spiro atoms. The first-order valence-electron chi connectivity index (χ1n) is 9.98. The SMILES string of the molecule is COc1ccccc1CN1[C@@H]2CCC[C@H]1CC(NC(=O)c1ccccc1)C2. The van der Waals surface area contributed by atoms with Crippen LogP contribution in [-0.4, -0.2) is 36.0 Å². The molecule has 1 N–H and O–H groups in total. The molecular formula is C23H28N2O2. The fourth-order valence-electron chi connectivity index (χ4n) is 4.74. The van der Waals surface area contributed by atoms with E-state index in [1.54, 1.807) is 7.11 Å². The van der Waals surface area contributed by atoms with E-state index in [1.807, 2.05) is 42.5 Å². The maximum atomic E-state index is 12.5. The highest BCUT2D eigenvalue weighted by atomic mass is 16.5. The van der Waals surface area contributed by atoms with Crippen LogP contribution in [0.3, 0.4) is 0 Å². The molecule has 0 saturated carbocycles. The van der Waals surface area contributed by atoms with Crippen molar-refractivity contribution in [3.8, 4) is 5.75 Å². The lowest BCUT2D eigenvalue weighted by atomic mass is 9.81. The number of rotatable bonds is 5. The summed E-state index contributed by atoms with van der Waals surface area (Å²) in [5.74, 6) is 1.02. The number of amides is 1. The monoisotopic (exact) mass is 364 g/mol. The van der Waals surface area contributed by atoms with E-state index in [2.05, 4.69) is 22.3 Å². The number of para-hydroxylation sites is 1. The van der Waals surface area contributed by atoms with Gasteiger partial charge in [-0.2, -0.15) is 0 Å². The van der Waals surface area contributed by atoms with Gasteiger partial charge in [-0.05, 0) is 43.9 Å². The number of hydrogen-bond donors (Lipinski definition) is 1. The van der Waals surface area contributed by atoms with Crippen molar-refractivity contribution in [2.75, 3.05) is 7.11 Å². The number of methoxy groups -OCH3 is 1. The van der Waals surface area contributed by atoms with Crippen LogP contribution < -0.4 is 10.1 Å². The van der Waals surface area contributed by atoms with E-state index in [1.165, 1.54) is 24.8 Å². The van der Waals surface area contributed by atoms with Gasteiger partial charge in [0.1, 0.15) is 5.75 Å². The number of benzene rings is 2. The molecule has 2 aromatic rings. The fourth-order valence-corrected chi connectivity index (χ4v) is 4.74. The molecule has 4 nitrogen and oxygen atoms in total. The van der Waals surface area contributed by atoms with Crippen LogP contribution in [-0.2, 0) is 6.54 Å². The summed E-state index contributed by atoms with van der Waals surface area (Å²) in [6, 6.07) is 19.2. The van der Waals surface area contributed by atoms with Crippen LogP contribution >= 0.6 is 0 Å². The molecule has 3 atom stereocenters.